The molecule has 0 unspecified atom stereocenters. The monoisotopic (exact) mass is 455 g/mol. The maximum atomic E-state index is 13.7. The SMILES string of the molecule is O=C(NCC(=O)N1CCC(C(=O)NCCc2ccccc2F)CC1)c1ccc2c(c1)OCO2. The number of piperidine rings is 1. The van der Waals surface area contributed by atoms with Gasteiger partial charge in [0.1, 0.15) is 5.82 Å². The van der Waals surface area contributed by atoms with Crippen molar-refractivity contribution in [3.63, 3.8) is 0 Å². The number of ether oxygens (including phenoxy) is 2. The fraction of sp³-hybridized carbons (Fsp3) is 0.375. The lowest BCUT2D eigenvalue weighted by Crippen LogP contribution is -2.46. The Balaban J connectivity index is 1.17. The highest BCUT2D eigenvalue weighted by atomic mass is 19.1. The predicted octanol–water partition coefficient (Wildman–Crippen LogP) is 1.88. The molecule has 8 nitrogen and oxygen atoms in total. The first kappa shape index (κ1) is 22.6. The van der Waals surface area contributed by atoms with Crippen molar-refractivity contribution in [2.75, 3.05) is 33.0 Å². The third-order valence-electron chi connectivity index (χ3n) is 5.90. The summed E-state index contributed by atoms with van der Waals surface area (Å²) < 4.78 is 24.2. The first-order valence-electron chi connectivity index (χ1n) is 11.0. The van der Waals surface area contributed by atoms with E-state index >= 15 is 0 Å². The van der Waals surface area contributed by atoms with Crippen molar-refractivity contribution < 1.29 is 28.2 Å². The largest absolute Gasteiger partial charge is 0.454 e. The number of carbonyl (C=O) groups excluding carboxylic acids is 3. The number of fused-ring (bicyclic) bond motifs is 1. The minimum absolute atomic E-state index is 0.0745. The summed E-state index contributed by atoms with van der Waals surface area (Å²) in [5, 5.41) is 5.50. The zero-order chi connectivity index (χ0) is 23.2. The topological polar surface area (TPSA) is 97.0 Å². The lowest BCUT2D eigenvalue weighted by Gasteiger charge is -2.31. The van der Waals surface area contributed by atoms with Crippen LogP contribution >= 0.6 is 0 Å². The summed E-state index contributed by atoms with van der Waals surface area (Å²) in [5.74, 6) is -0.00473. The molecule has 4 rings (SSSR count). The van der Waals surface area contributed by atoms with Gasteiger partial charge in [-0.05, 0) is 49.1 Å². The highest BCUT2D eigenvalue weighted by Gasteiger charge is 2.27. The Bertz CT molecular complexity index is 1040. The molecule has 3 amide bonds. The summed E-state index contributed by atoms with van der Waals surface area (Å²) in [7, 11) is 0. The van der Waals surface area contributed by atoms with Crippen molar-refractivity contribution in [3.8, 4) is 11.5 Å². The van der Waals surface area contributed by atoms with E-state index < -0.39 is 0 Å². The van der Waals surface area contributed by atoms with Gasteiger partial charge in [-0.25, -0.2) is 4.39 Å². The molecule has 1 fully saturated rings. The molecule has 2 aliphatic rings. The molecule has 0 aromatic heterocycles. The molecular formula is C24H26FN3O5. The molecule has 0 radical (unpaired) electrons. The molecule has 2 aromatic carbocycles. The van der Waals surface area contributed by atoms with Crippen molar-refractivity contribution >= 4 is 17.7 Å². The number of carbonyl (C=O) groups is 3. The van der Waals surface area contributed by atoms with Crippen molar-refractivity contribution in [2.24, 2.45) is 5.92 Å². The molecule has 2 aliphatic heterocycles. The highest BCUT2D eigenvalue weighted by Crippen LogP contribution is 2.32. The lowest BCUT2D eigenvalue weighted by atomic mass is 9.95. The Morgan fingerprint density at radius 1 is 1.00 bits per heavy atom. The number of amides is 3. The van der Waals surface area contributed by atoms with E-state index in [4.69, 9.17) is 9.47 Å². The number of benzene rings is 2. The first-order valence-corrected chi connectivity index (χ1v) is 11.0. The Labute approximate surface area is 191 Å². The second-order valence-electron chi connectivity index (χ2n) is 8.04. The molecule has 0 atom stereocenters. The smallest absolute Gasteiger partial charge is 0.251 e. The van der Waals surface area contributed by atoms with Crippen LogP contribution in [0.3, 0.4) is 0 Å². The van der Waals surface area contributed by atoms with Crippen LogP contribution in [-0.2, 0) is 16.0 Å². The van der Waals surface area contributed by atoms with Gasteiger partial charge >= 0.3 is 0 Å². The average molecular weight is 455 g/mol. The molecule has 0 bridgehead atoms. The number of nitrogens with zero attached hydrogens (tertiary/aromatic N) is 1. The van der Waals surface area contributed by atoms with Gasteiger partial charge in [-0.15, -0.1) is 0 Å². The van der Waals surface area contributed by atoms with Crippen LogP contribution in [0.4, 0.5) is 4.39 Å². The third kappa shape index (κ3) is 5.60. The van der Waals surface area contributed by atoms with E-state index in [1.54, 1.807) is 41.3 Å². The minimum Gasteiger partial charge on any atom is -0.454 e. The second kappa shape index (κ2) is 10.3. The zero-order valence-electron chi connectivity index (χ0n) is 18.1. The van der Waals surface area contributed by atoms with Gasteiger partial charge in [-0.3, -0.25) is 14.4 Å². The number of nitrogens with one attached hydrogen (secondary N) is 2. The first-order chi connectivity index (χ1) is 16.0. The van der Waals surface area contributed by atoms with E-state index in [-0.39, 0.29) is 42.8 Å². The molecule has 0 saturated carbocycles. The van der Waals surface area contributed by atoms with Gasteiger partial charge in [-0.1, -0.05) is 18.2 Å². The third-order valence-corrected chi connectivity index (χ3v) is 5.90. The van der Waals surface area contributed by atoms with E-state index in [1.807, 2.05) is 0 Å². The van der Waals surface area contributed by atoms with Crippen LogP contribution in [0.15, 0.2) is 42.5 Å². The molecule has 0 aliphatic carbocycles. The summed E-state index contributed by atoms with van der Waals surface area (Å²) in [6.07, 6.45) is 1.53. The van der Waals surface area contributed by atoms with Crippen LogP contribution in [0.5, 0.6) is 11.5 Å². The molecule has 1 saturated heterocycles. The fourth-order valence-corrected chi connectivity index (χ4v) is 3.96. The van der Waals surface area contributed by atoms with E-state index in [0.717, 1.165) is 0 Å². The normalized spacial score (nSPS) is 15.2. The second-order valence-corrected chi connectivity index (χ2v) is 8.04. The van der Waals surface area contributed by atoms with E-state index in [1.165, 1.54) is 6.07 Å². The molecule has 2 aromatic rings. The number of rotatable bonds is 7. The van der Waals surface area contributed by atoms with Gasteiger partial charge < -0.3 is 25.0 Å². The van der Waals surface area contributed by atoms with Crippen LogP contribution in [0.25, 0.3) is 0 Å². The summed E-state index contributed by atoms with van der Waals surface area (Å²) in [6.45, 7) is 1.27. The Morgan fingerprint density at radius 2 is 1.76 bits per heavy atom. The summed E-state index contributed by atoms with van der Waals surface area (Å²) in [6, 6.07) is 11.4. The average Bonchev–Trinajstić information content (AvgIpc) is 3.31. The molecule has 2 heterocycles. The molecule has 9 heteroatoms. The quantitative estimate of drug-likeness (QED) is 0.665. The van der Waals surface area contributed by atoms with Gasteiger partial charge in [0, 0.05) is 31.1 Å². The Hall–Kier alpha value is -3.62. The number of likely N-dealkylation sites (tertiary alicyclic amines) is 1. The van der Waals surface area contributed by atoms with Crippen LogP contribution in [0.2, 0.25) is 0 Å². The van der Waals surface area contributed by atoms with Gasteiger partial charge in [0.2, 0.25) is 18.6 Å². The highest BCUT2D eigenvalue weighted by molar-refractivity contribution is 5.97. The van der Waals surface area contributed by atoms with Gasteiger partial charge in [0.15, 0.2) is 11.5 Å². The summed E-state index contributed by atoms with van der Waals surface area (Å²) >= 11 is 0. The molecule has 0 spiro atoms. The lowest BCUT2D eigenvalue weighted by molar-refractivity contribution is -0.134. The van der Waals surface area contributed by atoms with Crippen LogP contribution in [0, 0.1) is 11.7 Å². The fourth-order valence-electron chi connectivity index (χ4n) is 3.96. The number of halogens is 1. The zero-order valence-corrected chi connectivity index (χ0v) is 18.1. The Morgan fingerprint density at radius 3 is 2.55 bits per heavy atom. The van der Waals surface area contributed by atoms with Crippen molar-refractivity contribution in [1.82, 2.24) is 15.5 Å². The van der Waals surface area contributed by atoms with Gasteiger partial charge in [0.05, 0.1) is 6.54 Å². The molecule has 2 N–H and O–H groups in total. The molecule has 174 valence electrons. The summed E-state index contributed by atoms with van der Waals surface area (Å²) in [4.78, 5) is 38.9. The number of hydrogen-bond acceptors (Lipinski definition) is 5. The standard InChI is InChI=1S/C24H26FN3O5/c25-19-4-2-1-3-16(19)7-10-26-23(30)17-8-11-28(12-9-17)22(29)14-27-24(31)18-5-6-20-21(13-18)33-15-32-20/h1-6,13,17H,7-12,14-15H2,(H,26,30)(H,27,31). The van der Waals surface area contributed by atoms with Crippen LogP contribution < -0.4 is 20.1 Å². The minimum atomic E-state index is -0.370. The maximum Gasteiger partial charge on any atom is 0.251 e. The maximum absolute atomic E-state index is 13.7. The van der Waals surface area contributed by atoms with Crippen LogP contribution in [-0.4, -0.2) is 55.6 Å². The predicted molar refractivity (Wildman–Crippen MR) is 117 cm³/mol. The van der Waals surface area contributed by atoms with Crippen molar-refractivity contribution in [3.05, 3.63) is 59.4 Å². The van der Waals surface area contributed by atoms with E-state index in [2.05, 4.69) is 10.6 Å². The van der Waals surface area contributed by atoms with Crippen LogP contribution in [0.1, 0.15) is 28.8 Å². The Kier molecular flexibility index (Phi) is 7.07. The number of hydrogen-bond donors (Lipinski definition) is 2. The van der Waals surface area contributed by atoms with E-state index in [0.29, 0.717) is 61.5 Å². The molecule has 33 heavy (non-hydrogen) atoms. The van der Waals surface area contributed by atoms with E-state index in [9.17, 15) is 18.8 Å². The van der Waals surface area contributed by atoms with Crippen molar-refractivity contribution in [2.45, 2.75) is 19.3 Å². The van der Waals surface area contributed by atoms with Gasteiger partial charge in [-0.2, -0.15) is 0 Å². The van der Waals surface area contributed by atoms with Gasteiger partial charge in [0.25, 0.3) is 5.91 Å². The molecular weight excluding hydrogens is 429 g/mol. The van der Waals surface area contributed by atoms with Crippen molar-refractivity contribution in [1.29, 1.82) is 0 Å². The summed E-state index contributed by atoms with van der Waals surface area (Å²) in [5.41, 5.74) is 0.957.